The molecule has 0 bridgehead atoms. The Hall–Kier alpha value is -1.86. The molecule has 2 aliphatic rings. The highest BCUT2D eigenvalue weighted by Gasteiger charge is 2.26. The van der Waals surface area contributed by atoms with Crippen molar-refractivity contribution < 1.29 is 4.79 Å². The van der Waals surface area contributed by atoms with Gasteiger partial charge in [-0.25, -0.2) is 4.85 Å². The lowest BCUT2D eigenvalue weighted by atomic mass is 10.1. The number of piperazine rings is 1. The van der Waals surface area contributed by atoms with Crippen LogP contribution in [0.3, 0.4) is 0 Å². The summed E-state index contributed by atoms with van der Waals surface area (Å²) >= 11 is 0. The van der Waals surface area contributed by atoms with E-state index in [1.165, 1.54) is 11.1 Å². The molecule has 1 atom stereocenters. The quantitative estimate of drug-likeness (QED) is 0.811. The van der Waals surface area contributed by atoms with Crippen LogP contribution in [0.2, 0.25) is 0 Å². The molecule has 1 unspecified atom stereocenters. The average Bonchev–Trinajstić information content (AvgIpc) is 2.82. The van der Waals surface area contributed by atoms with Crippen LogP contribution in [0.15, 0.2) is 18.2 Å². The molecule has 3 rings (SSSR count). The second-order valence-electron chi connectivity index (χ2n) is 5.36. The maximum Gasteiger partial charge on any atom is 0.236 e. The maximum absolute atomic E-state index is 11.8. The number of hydrogen-bond donors (Lipinski definition) is 1. The zero-order valence-corrected chi connectivity index (χ0v) is 10.9. The van der Waals surface area contributed by atoms with Crippen molar-refractivity contribution in [2.45, 2.75) is 12.8 Å². The van der Waals surface area contributed by atoms with Gasteiger partial charge in [-0.2, -0.15) is 0 Å². The summed E-state index contributed by atoms with van der Waals surface area (Å²) in [5.41, 5.74) is 3.36. The van der Waals surface area contributed by atoms with E-state index in [0.717, 1.165) is 38.2 Å². The van der Waals surface area contributed by atoms with Gasteiger partial charge in [0.1, 0.15) is 0 Å². The van der Waals surface area contributed by atoms with E-state index in [0.29, 0.717) is 12.5 Å². The fourth-order valence-corrected chi connectivity index (χ4v) is 3.04. The fourth-order valence-electron chi connectivity index (χ4n) is 3.04. The first kappa shape index (κ1) is 12.2. The number of nitrogens with zero attached hydrogens (tertiary/aromatic N) is 2. The lowest BCUT2D eigenvalue weighted by molar-refractivity contribution is -0.132. The van der Waals surface area contributed by atoms with E-state index in [2.05, 4.69) is 16.2 Å². The molecule has 1 N–H and O–H groups in total. The minimum Gasteiger partial charge on any atom is -0.340 e. The van der Waals surface area contributed by atoms with Gasteiger partial charge in [-0.05, 0) is 24.3 Å². The standard InChI is InChI=1S/C15H17N3O/c1-16-14-3-2-12-6-11(7-13(12)8-14)10-18-5-4-17-9-15(18)19/h2-3,8,11,17H,4-7,9-10H2. The Labute approximate surface area is 113 Å². The van der Waals surface area contributed by atoms with Gasteiger partial charge in [0.25, 0.3) is 0 Å². The molecule has 1 aliphatic carbocycles. The van der Waals surface area contributed by atoms with Gasteiger partial charge >= 0.3 is 0 Å². The van der Waals surface area contributed by atoms with Crippen molar-refractivity contribution in [1.82, 2.24) is 10.2 Å². The third-order valence-corrected chi connectivity index (χ3v) is 4.00. The van der Waals surface area contributed by atoms with Crippen molar-refractivity contribution in [3.8, 4) is 0 Å². The molecular formula is C15H17N3O. The Morgan fingerprint density at radius 3 is 3.00 bits per heavy atom. The predicted octanol–water partition coefficient (Wildman–Crippen LogP) is 1.38. The summed E-state index contributed by atoms with van der Waals surface area (Å²) in [4.78, 5) is 17.2. The molecule has 1 saturated heterocycles. The number of rotatable bonds is 2. The highest BCUT2D eigenvalue weighted by atomic mass is 16.2. The zero-order chi connectivity index (χ0) is 13.2. The van der Waals surface area contributed by atoms with Crippen molar-refractivity contribution in [3.05, 3.63) is 40.7 Å². The summed E-state index contributed by atoms with van der Waals surface area (Å²) in [6.07, 6.45) is 2.03. The third-order valence-electron chi connectivity index (χ3n) is 4.00. The summed E-state index contributed by atoms with van der Waals surface area (Å²) in [5, 5.41) is 3.10. The first-order valence-electron chi connectivity index (χ1n) is 6.74. The number of carbonyl (C=O) groups excluding carboxylic acids is 1. The van der Waals surface area contributed by atoms with Crippen molar-refractivity contribution >= 4 is 11.6 Å². The topological polar surface area (TPSA) is 36.7 Å². The number of amides is 1. The van der Waals surface area contributed by atoms with Gasteiger partial charge in [0, 0.05) is 19.6 Å². The van der Waals surface area contributed by atoms with Gasteiger partial charge in [-0.3, -0.25) is 4.79 Å². The number of hydrogen-bond acceptors (Lipinski definition) is 2. The molecule has 1 heterocycles. The monoisotopic (exact) mass is 255 g/mol. The molecule has 0 aromatic heterocycles. The molecule has 0 spiro atoms. The molecule has 0 radical (unpaired) electrons. The van der Waals surface area contributed by atoms with Crippen LogP contribution in [-0.4, -0.2) is 37.0 Å². The fraction of sp³-hybridized carbons (Fsp3) is 0.467. The normalized spacial score (nSPS) is 22.2. The number of nitrogens with one attached hydrogen (secondary N) is 1. The van der Waals surface area contributed by atoms with Crippen LogP contribution < -0.4 is 5.32 Å². The van der Waals surface area contributed by atoms with Crippen LogP contribution in [0.1, 0.15) is 11.1 Å². The highest BCUT2D eigenvalue weighted by Crippen LogP contribution is 2.30. The Kier molecular flexibility index (Phi) is 3.22. The minimum absolute atomic E-state index is 0.212. The Morgan fingerprint density at radius 2 is 2.21 bits per heavy atom. The van der Waals surface area contributed by atoms with E-state index in [-0.39, 0.29) is 5.91 Å². The van der Waals surface area contributed by atoms with Crippen LogP contribution in [0.25, 0.3) is 4.85 Å². The number of fused-ring (bicyclic) bond motifs is 1. The molecule has 1 amide bonds. The first-order chi connectivity index (χ1) is 9.26. The molecule has 1 aliphatic heterocycles. The van der Waals surface area contributed by atoms with E-state index >= 15 is 0 Å². The van der Waals surface area contributed by atoms with Gasteiger partial charge < -0.3 is 10.2 Å². The minimum atomic E-state index is 0.212. The van der Waals surface area contributed by atoms with Crippen molar-refractivity contribution in [2.75, 3.05) is 26.2 Å². The van der Waals surface area contributed by atoms with E-state index in [9.17, 15) is 4.79 Å². The van der Waals surface area contributed by atoms with E-state index in [1.54, 1.807) is 0 Å². The highest BCUT2D eigenvalue weighted by molar-refractivity contribution is 5.79. The first-order valence-corrected chi connectivity index (χ1v) is 6.74. The molecule has 4 nitrogen and oxygen atoms in total. The summed E-state index contributed by atoms with van der Waals surface area (Å²) in [6.45, 7) is 10.1. The van der Waals surface area contributed by atoms with E-state index in [1.807, 2.05) is 17.0 Å². The summed E-state index contributed by atoms with van der Waals surface area (Å²) in [5.74, 6) is 0.724. The van der Waals surface area contributed by atoms with Crippen LogP contribution in [-0.2, 0) is 17.6 Å². The van der Waals surface area contributed by atoms with Crippen LogP contribution >= 0.6 is 0 Å². The third kappa shape index (κ3) is 2.47. The SMILES string of the molecule is [C-]#[N+]c1ccc2c(c1)CC(CN1CCNCC1=O)C2. The molecule has 4 heteroatoms. The van der Waals surface area contributed by atoms with Gasteiger partial charge in [0.2, 0.25) is 5.91 Å². The van der Waals surface area contributed by atoms with Crippen LogP contribution in [0.4, 0.5) is 5.69 Å². The van der Waals surface area contributed by atoms with Crippen molar-refractivity contribution in [1.29, 1.82) is 0 Å². The average molecular weight is 255 g/mol. The second-order valence-corrected chi connectivity index (χ2v) is 5.36. The number of benzene rings is 1. The van der Waals surface area contributed by atoms with E-state index < -0.39 is 0 Å². The molecular weight excluding hydrogens is 238 g/mol. The maximum atomic E-state index is 11.8. The second kappa shape index (κ2) is 5.02. The lowest BCUT2D eigenvalue weighted by Gasteiger charge is -2.29. The van der Waals surface area contributed by atoms with Gasteiger partial charge in [-0.1, -0.05) is 23.8 Å². The largest absolute Gasteiger partial charge is 0.340 e. The van der Waals surface area contributed by atoms with Crippen molar-refractivity contribution in [3.63, 3.8) is 0 Å². The Balaban J connectivity index is 1.67. The van der Waals surface area contributed by atoms with Crippen molar-refractivity contribution in [2.24, 2.45) is 5.92 Å². The lowest BCUT2D eigenvalue weighted by Crippen LogP contribution is -2.49. The zero-order valence-electron chi connectivity index (χ0n) is 10.9. The van der Waals surface area contributed by atoms with Gasteiger partial charge in [0.15, 0.2) is 5.69 Å². The Bertz CT molecular complexity index is 547. The summed E-state index contributed by atoms with van der Waals surface area (Å²) in [7, 11) is 0. The molecule has 0 saturated carbocycles. The van der Waals surface area contributed by atoms with Gasteiger partial charge in [0.05, 0.1) is 13.1 Å². The Morgan fingerprint density at radius 1 is 1.37 bits per heavy atom. The molecule has 1 aromatic carbocycles. The summed E-state index contributed by atoms with van der Waals surface area (Å²) in [6, 6.07) is 5.97. The summed E-state index contributed by atoms with van der Waals surface area (Å²) < 4.78 is 0. The smallest absolute Gasteiger partial charge is 0.236 e. The molecule has 1 aromatic rings. The molecule has 1 fully saturated rings. The molecule has 98 valence electrons. The van der Waals surface area contributed by atoms with Crippen LogP contribution in [0, 0.1) is 12.5 Å². The number of carbonyl (C=O) groups is 1. The van der Waals surface area contributed by atoms with Crippen LogP contribution in [0.5, 0.6) is 0 Å². The van der Waals surface area contributed by atoms with Gasteiger partial charge in [-0.15, -0.1) is 0 Å². The van der Waals surface area contributed by atoms with E-state index in [4.69, 9.17) is 6.57 Å². The predicted molar refractivity (Wildman–Crippen MR) is 73.1 cm³/mol. The molecule has 19 heavy (non-hydrogen) atoms.